The molecule has 4 nitrogen and oxygen atoms in total. The number of anilines is 3. The van der Waals surface area contributed by atoms with Crippen LogP contribution in [-0.2, 0) is 0 Å². The molecule has 0 aliphatic carbocycles. The number of rotatable bonds is 6. The number of aromatic nitrogens is 1. The summed E-state index contributed by atoms with van der Waals surface area (Å²) >= 11 is 0. The van der Waals surface area contributed by atoms with Crippen LogP contribution in [0.25, 0.3) is 77.5 Å². The Morgan fingerprint density at radius 1 is 0.373 bits per heavy atom. The van der Waals surface area contributed by atoms with Crippen LogP contribution in [0.3, 0.4) is 0 Å². The van der Waals surface area contributed by atoms with E-state index in [0.29, 0.717) is 0 Å². The molecule has 240 valence electrons. The fourth-order valence-corrected chi connectivity index (χ4v) is 7.28. The molecule has 0 saturated carbocycles. The van der Waals surface area contributed by atoms with Crippen molar-refractivity contribution in [3.8, 4) is 33.6 Å². The fourth-order valence-electron chi connectivity index (χ4n) is 7.28. The summed E-state index contributed by atoms with van der Waals surface area (Å²) in [7, 11) is 0. The maximum atomic E-state index is 6.59. The third kappa shape index (κ3) is 4.96. The molecule has 0 bridgehead atoms. The molecule has 0 spiro atoms. The lowest BCUT2D eigenvalue weighted by molar-refractivity contribution is 0.668. The molecule has 4 heteroatoms. The van der Waals surface area contributed by atoms with Gasteiger partial charge >= 0.3 is 0 Å². The van der Waals surface area contributed by atoms with E-state index >= 15 is 0 Å². The Labute approximate surface area is 294 Å². The van der Waals surface area contributed by atoms with E-state index in [2.05, 4.69) is 150 Å². The van der Waals surface area contributed by atoms with Gasteiger partial charge in [0.2, 0.25) is 0 Å². The molecule has 3 heterocycles. The molecule has 0 atom stereocenters. The smallest absolute Gasteiger partial charge is 0.159 e. The van der Waals surface area contributed by atoms with E-state index in [9.17, 15) is 0 Å². The van der Waals surface area contributed by atoms with E-state index in [0.717, 1.165) is 94.6 Å². The number of fused-ring (bicyclic) bond motifs is 6. The zero-order valence-electron chi connectivity index (χ0n) is 27.5. The molecule has 10 rings (SSSR count). The summed E-state index contributed by atoms with van der Waals surface area (Å²) in [6.45, 7) is 0. The van der Waals surface area contributed by atoms with Gasteiger partial charge < -0.3 is 13.7 Å². The topological polar surface area (TPSA) is 42.4 Å². The first-order valence-electron chi connectivity index (χ1n) is 17.1. The highest BCUT2D eigenvalue weighted by molar-refractivity contribution is 6.16. The Morgan fingerprint density at radius 3 is 1.78 bits per heavy atom. The number of para-hydroxylation sites is 3. The quantitative estimate of drug-likeness (QED) is 0.179. The highest BCUT2D eigenvalue weighted by Crippen LogP contribution is 2.46. The second kappa shape index (κ2) is 11.9. The van der Waals surface area contributed by atoms with Crippen molar-refractivity contribution < 1.29 is 8.83 Å². The van der Waals surface area contributed by atoms with E-state index in [1.54, 1.807) is 0 Å². The standard InChI is InChI=1S/C47H30N2O2/c1-4-14-31(15-5-1)34-29-39(32-16-6-2-7-17-32)48-40(30-34)33-26-27-44-38(28-33)46-41(22-13-25-45(46)50-44)49(35-18-8-3-9-19-35)42-23-12-21-37-36-20-10-11-24-43(36)51-47(37)42/h1-30H. The molecular formula is C47H30N2O2. The van der Waals surface area contributed by atoms with Crippen molar-refractivity contribution in [2.45, 2.75) is 0 Å². The largest absolute Gasteiger partial charge is 0.456 e. The Balaban J connectivity index is 1.21. The van der Waals surface area contributed by atoms with Gasteiger partial charge in [0.1, 0.15) is 16.7 Å². The summed E-state index contributed by atoms with van der Waals surface area (Å²) in [6.07, 6.45) is 0. The normalized spacial score (nSPS) is 11.5. The number of nitrogens with zero attached hydrogens (tertiary/aromatic N) is 2. The van der Waals surface area contributed by atoms with Gasteiger partial charge in [0.05, 0.1) is 28.1 Å². The second-order valence-corrected chi connectivity index (χ2v) is 12.7. The van der Waals surface area contributed by atoms with Crippen LogP contribution >= 0.6 is 0 Å². The lowest BCUT2D eigenvalue weighted by Gasteiger charge is -2.26. The second-order valence-electron chi connectivity index (χ2n) is 12.7. The molecule has 0 N–H and O–H groups in total. The van der Waals surface area contributed by atoms with Crippen LogP contribution in [-0.4, -0.2) is 4.98 Å². The molecule has 0 fully saturated rings. The van der Waals surface area contributed by atoms with Crippen LogP contribution in [0, 0.1) is 0 Å². The fraction of sp³-hybridized carbons (Fsp3) is 0. The monoisotopic (exact) mass is 654 g/mol. The molecule has 7 aromatic carbocycles. The molecule has 51 heavy (non-hydrogen) atoms. The van der Waals surface area contributed by atoms with Crippen molar-refractivity contribution in [3.63, 3.8) is 0 Å². The number of hydrogen-bond donors (Lipinski definition) is 0. The minimum Gasteiger partial charge on any atom is -0.456 e. The van der Waals surface area contributed by atoms with Gasteiger partial charge in [-0.2, -0.15) is 0 Å². The van der Waals surface area contributed by atoms with Crippen molar-refractivity contribution in [2.75, 3.05) is 4.90 Å². The minimum atomic E-state index is 0.813. The van der Waals surface area contributed by atoms with E-state index in [1.807, 2.05) is 36.4 Å². The Kier molecular flexibility index (Phi) is 6.78. The van der Waals surface area contributed by atoms with E-state index in [1.165, 1.54) is 0 Å². The molecule has 0 radical (unpaired) electrons. The first kappa shape index (κ1) is 29.0. The van der Waals surface area contributed by atoms with Gasteiger partial charge in [0.15, 0.2) is 5.58 Å². The summed E-state index contributed by atoms with van der Waals surface area (Å²) < 4.78 is 13.1. The SMILES string of the molecule is c1ccc(-c2cc(-c3ccccc3)nc(-c3ccc4oc5cccc(N(c6ccccc6)c6cccc7c6oc6ccccc67)c5c4c3)c2)cc1. The average molecular weight is 655 g/mol. The lowest BCUT2D eigenvalue weighted by Crippen LogP contribution is -2.10. The maximum Gasteiger partial charge on any atom is 0.159 e. The predicted molar refractivity (Wildman–Crippen MR) is 210 cm³/mol. The zero-order chi connectivity index (χ0) is 33.7. The van der Waals surface area contributed by atoms with E-state index < -0.39 is 0 Å². The Morgan fingerprint density at radius 2 is 0.980 bits per heavy atom. The summed E-state index contributed by atoms with van der Waals surface area (Å²) in [4.78, 5) is 7.51. The first-order chi connectivity index (χ1) is 25.3. The number of pyridine rings is 1. The van der Waals surface area contributed by atoms with Crippen LogP contribution < -0.4 is 4.90 Å². The van der Waals surface area contributed by atoms with E-state index in [4.69, 9.17) is 13.8 Å². The molecule has 0 amide bonds. The van der Waals surface area contributed by atoms with Crippen molar-refractivity contribution in [3.05, 3.63) is 182 Å². The molecular weight excluding hydrogens is 625 g/mol. The highest BCUT2D eigenvalue weighted by Gasteiger charge is 2.23. The Hall–Kier alpha value is -6.91. The van der Waals surface area contributed by atoms with Gasteiger partial charge in [-0.3, -0.25) is 0 Å². The summed E-state index contributed by atoms with van der Waals surface area (Å²) in [5, 5.41) is 4.21. The van der Waals surface area contributed by atoms with Gasteiger partial charge in [-0.05, 0) is 77.9 Å². The molecule has 0 aliphatic rings. The van der Waals surface area contributed by atoms with Crippen LogP contribution in [0.5, 0.6) is 0 Å². The number of hydrogen-bond acceptors (Lipinski definition) is 4. The predicted octanol–water partition coefficient (Wildman–Crippen LogP) is 13.4. The van der Waals surface area contributed by atoms with Crippen molar-refractivity contribution >= 4 is 60.9 Å². The number of furan rings is 2. The number of benzene rings is 7. The summed E-state index contributed by atoms with van der Waals surface area (Å²) in [5.41, 5.74) is 12.5. The van der Waals surface area contributed by atoms with Crippen LogP contribution in [0.4, 0.5) is 17.1 Å². The van der Waals surface area contributed by atoms with Crippen LogP contribution in [0.1, 0.15) is 0 Å². The third-order valence-corrected chi connectivity index (χ3v) is 9.65. The van der Waals surface area contributed by atoms with Gasteiger partial charge in [0.25, 0.3) is 0 Å². The van der Waals surface area contributed by atoms with Gasteiger partial charge in [0, 0.05) is 33.0 Å². The lowest BCUT2D eigenvalue weighted by atomic mass is 9.99. The van der Waals surface area contributed by atoms with Crippen LogP contribution in [0.2, 0.25) is 0 Å². The van der Waals surface area contributed by atoms with Crippen molar-refractivity contribution in [2.24, 2.45) is 0 Å². The van der Waals surface area contributed by atoms with Gasteiger partial charge in [-0.25, -0.2) is 4.98 Å². The maximum absolute atomic E-state index is 6.59. The molecule has 0 saturated heterocycles. The zero-order valence-corrected chi connectivity index (χ0v) is 27.5. The highest BCUT2D eigenvalue weighted by atomic mass is 16.3. The molecule has 10 aromatic rings. The van der Waals surface area contributed by atoms with Gasteiger partial charge in [-0.1, -0.05) is 115 Å². The third-order valence-electron chi connectivity index (χ3n) is 9.65. The Bertz CT molecular complexity index is 2800. The van der Waals surface area contributed by atoms with Gasteiger partial charge in [-0.15, -0.1) is 0 Å². The van der Waals surface area contributed by atoms with Crippen molar-refractivity contribution in [1.29, 1.82) is 0 Å². The summed E-state index contributed by atoms with van der Waals surface area (Å²) in [5.74, 6) is 0. The minimum absolute atomic E-state index is 0.813. The first-order valence-corrected chi connectivity index (χ1v) is 17.1. The van der Waals surface area contributed by atoms with E-state index in [-0.39, 0.29) is 0 Å². The molecule has 3 aromatic heterocycles. The molecule has 0 unspecified atom stereocenters. The van der Waals surface area contributed by atoms with Crippen LogP contribution in [0.15, 0.2) is 191 Å². The average Bonchev–Trinajstić information content (AvgIpc) is 3.78. The molecule has 0 aliphatic heterocycles. The summed E-state index contributed by atoms with van der Waals surface area (Å²) in [6, 6.07) is 63.0. The van der Waals surface area contributed by atoms with Crippen molar-refractivity contribution in [1.82, 2.24) is 4.98 Å².